The first-order chi connectivity index (χ1) is 9.08. The first-order valence-electron chi connectivity index (χ1n) is 6.19. The van der Waals surface area contributed by atoms with Gasteiger partial charge < -0.3 is 9.84 Å². The molecule has 3 heterocycles. The predicted molar refractivity (Wildman–Crippen MR) is 63.8 cm³/mol. The Kier molecular flexibility index (Phi) is 2.74. The Morgan fingerprint density at radius 3 is 2.32 bits per heavy atom. The number of ether oxygens (including phenoxy) is 1. The van der Waals surface area contributed by atoms with E-state index in [4.69, 9.17) is 4.74 Å². The predicted octanol–water partition coefficient (Wildman–Crippen LogP) is 0.367. The largest absolute Gasteiger partial charge is 0.481 e. The number of hydrogen-bond donors (Lipinski definition) is 1. The lowest BCUT2D eigenvalue weighted by Gasteiger charge is -2.24. The van der Waals surface area contributed by atoms with Gasteiger partial charge in [-0.3, -0.25) is 19.0 Å². The van der Waals surface area contributed by atoms with Crippen LogP contribution < -0.4 is 5.43 Å². The van der Waals surface area contributed by atoms with Gasteiger partial charge in [0.2, 0.25) is 5.91 Å². The molecule has 2 fully saturated rings. The number of pyridine rings is 1. The van der Waals surface area contributed by atoms with Crippen LogP contribution in [0.4, 0.5) is 0 Å². The zero-order valence-corrected chi connectivity index (χ0v) is 10.1. The molecule has 4 atom stereocenters. The van der Waals surface area contributed by atoms with Gasteiger partial charge >= 0.3 is 5.97 Å². The van der Waals surface area contributed by atoms with E-state index in [1.54, 1.807) is 0 Å². The van der Waals surface area contributed by atoms with E-state index in [1.807, 2.05) is 0 Å². The quantitative estimate of drug-likeness (QED) is 0.833. The van der Waals surface area contributed by atoms with E-state index < -0.39 is 17.8 Å². The van der Waals surface area contributed by atoms with Gasteiger partial charge in [-0.25, -0.2) is 0 Å². The number of hydrogen-bond acceptors (Lipinski definition) is 4. The molecular weight excluding hydrogens is 250 g/mol. The minimum absolute atomic E-state index is 0.192. The molecule has 0 saturated carbocycles. The van der Waals surface area contributed by atoms with Crippen LogP contribution in [0.15, 0.2) is 29.3 Å². The molecule has 2 aliphatic heterocycles. The summed E-state index contributed by atoms with van der Waals surface area (Å²) in [6.45, 7) is 0. The monoisotopic (exact) mass is 263 g/mol. The summed E-state index contributed by atoms with van der Waals surface area (Å²) in [4.78, 5) is 34.7. The van der Waals surface area contributed by atoms with Crippen molar-refractivity contribution in [3.63, 3.8) is 0 Å². The fraction of sp³-hybridized carbons (Fsp3) is 0.462. The first-order valence-corrected chi connectivity index (χ1v) is 6.19. The van der Waals surface area contributed by atoms with Crippen LogP contribution in [0.1, 0.15) is 17.6 Å². The Morgan fingerprint density at radius 2 is 1.74 bits per heavy atom. The van der Waals surface area contributed by atoms with Crippen molar-refractivity contribution >= 4 is 11.9 Å². The minimum atomic E-state index is -0.994. The molecule has 3 rings (SSSR count). The van der Waals surface area contributed by atoms with Crippen molar-refractivity contribution in [2.24, 2.45) is 11.8 Å². The highest BCUT2D eigenvalue weighted by molar-refractivity contribution is 5.88. The minimum Gasteiger partial charge on any atom is -0.481 e. The summed E-state index contributed by atoms with van der Waals surface area (Å²) < 4.78 is 6.82. The van der Waals surface area contributed by atoms with Gasteiger partial charge in [0.05, 0.1) is 24.0 Å². The molecule has 0 aromatic carbocycles. The van der Waals surface area contributed by atoms with E-state index >= 15 is 0 Å². The standard InChI is InChI=1S/C13H13NO5/c15-7-3-5-14(6-4-7)12(16)10-8-1-2-9(19-8)11(10)13(17)18/h3-6,8-11H,1-2H2,(H,17,18)/t8-,9+,10-,11+/m1/s1. The topological polar surface area (TPSA) is 85.6 Å². The molecule has 1 N–H and O–H groups in total. The second kappa shape index (κ2) is 4.31. The average molecular weight is 263 g/mol. The van der Waals surface area contributed by atoms with Crippen LogP contribution in [-0.4, -0.2) is 33.8 Å². The first kappa shape index (κ1) is 12.1. The Morgan fingerprint density at radius 1 is 1.16 bits per heavy atom. The molecule has 19 heavy (non-hydrogen) atoms. The van der Waals surface area contributed by atoms with E-state index in [-0.39, 0.29) is 23.5 Å². The summed E-state index contributed by atoms with van der Waals surface area (Å²) in [6.07, 6.45) is 3.46. The molecule has 0 unspecified atom stereocenters. The van der Waals surface area contributed by atoms with Gasteiger partial charge in [0.25, 0.3) is 0 Å². The lowest BCUT2D eigenvalue weighted by Crippen LogP contribution is -2.40. The summed E-state index contributed by atoms with van der Waals surface area (Å²) in [7, 11) is 0. The second-order valence-electron chi connectivity index (χ2n) is 4.96. The maximum absolute atomic E-state index is 12.4. The molecule has 6 heteroatoms. The molecule has 2 bridgehead atoms. The van der Waals surface area contributed by atoms with Crippen molar-refractivity contribution in [1.29, 1.82) is 0 Å². The second-order valence-corrected chi connectivity index (χ2v) is 4.96. The van der Waals surface area contributed by atoms with Crippen LogP contribution in [0, 0.1) is 11.8 Å². The fourth-order valence-electron chi connectivity index (χ4n) is 3.04. The van der Waals surface area contributed by atoms with Crippen LogP contribution in [-0.2, 0) is 9.53 Å². The number of carboxylic acid groups (broad SMARTS) is 1. The molecule has 6 nitrogen and oxygen atoms in total. The summed E-state index contributed by atoms with van der Waals surface area (Å²) in [5.74, 6) is -2.77. The molecule has 0 spiro atoms. The van der Waals surface area contributed by atoms with Gasteiger partial charge in [0.1, 0.15) is 0 Å². The highest BCUT2D eigenvalue weighted by Crippen LogP contribution is 2.44. The van der Waals surface area contributed by atoms with Crippen molar-refractivity contribution < 1.29 is 19.4 Å². The molecule has 2 aliphatic rings. The summed E-state index contributed by atoms with van der Waals surface area (Å²) in [5, 5.41) is 9.25. The number of aliphatic carboxylic acids is 1. The number of nitrogens with zero attached hydrogens (tertiary/aromatic N) is 1. The van der Waals surface area contributed by atoms with Gasteiger partial charge in [0.15, 0.2) is 5.43 Å². The lowest BCUT2D eigenvalue weighted by atomic mass is 9.78. The zero-order chi connectivity index (χ0) is 13.6. The Hall–Kier alpha value is -1.95. The molecule has 0 radical (unpaired) electrons. The van der Waals surface area contributed by atoms with Gasteiger partial charge in [-0.05, 0) is 12.8 Å². The summed E-state index contributed by atoms with van der Waals surface area (Å²) >= 11 is 0. The highest BCUT2D eigenvalue weighted by atomic mass is 16.5. The third-order valence-corrected chi connectivity index (χ3v) is 3.90. The average Bonchev–Trinajstić information content (AvgIpc) is 2.98. The van der Waals surface area contributed by atoms with Crippen molar-refractivity contribution in [3.05, 3.63) is 34.7 Å². The molecule has 0 aliphatic carbocycles. The Balaban J connectivity index is 1.92. The smallest absolute Gasteiger partial charge is 0.310 e. The number of rotatable bonds is 2. The Bertz CT molecular complexity index is 572. The third-order valence-electron chi connectivity index (χ3n) is 3.90. The Labute approximate surface area is 108 Å². The SMILES string of the molecule is O=C(O)[C@@H]1[C@H](C(=O)n2ccc(=O)cc2)[C@H]2CC[C@@H]1O2. The van der Waals surface area contributed by atoms with Gasteiger partial charge in [-0.15, -0.1) is 0 Å². The number of carbonyl (C=O) groups excluding carboxylic acids is 1. The normalized spacial score (nSPS) is 32.4. The highest BCUT2D eigenvalue weighted by Gasteiger charge is 2.55. The van der Waals surface area contributed by atoms with Crippen molar-refractivity contribution in [2.75, 3.05) is 0 Å². The van der Waals surface area contributed by atoms with Gasteiger partial charge in [-0.1, -0.05) is 0 Å². The maximum atomic E-state index is 12.4. The van der Waals surface area contributed by atoms with Crippen LogP contribution >= 0.6 is 0 Å². The molecule has 1 aromatic rings. The van der Waals surface area contributed by atoms with E-state index in [0.717, 1.165) is 0 Å². The van der Waals surface area contributed by atoms with E-state index in [2.05, 4.69) is 0 Å². The lowest BCUT2D eigenvalue weighted by molar-refractivity contribution is -0.144. The molecule has 1 aromatic heterocycles. The van der Waals surface area contributed by atoms with Crippen molar-refractivity contribution in [2.45, 2.75) is 25.0 Å². The molecule has 100 valence electrons. The van der Waals surface area contributed by atoms with Gasteiger partial charge in [0, 0.05) is 24.5 Å². The molecule has 2 saturated heterocycles. The summed E-state index contributed by atoms with van der Waals surface area (Å²) in [6, 6.07) is 2.56. The number of carboxylic acids is 1. The third kappa shape index (κ3) is 1.88. The maximum Gasteiger partial charge on any atom is 0.310 e. The fourth-order valence-corrected chi connectivity index (χ4v) is 3.04. The van der Waals surface area contributed by atoms with Crippen molar-refractivity contribution in [1.82, 2.24) is 4.57 Å². The van der Waals surface area contributed by atoms with Crippen LogP contribution in [0.25, 0.3) is 0 Å². The molecular formula is C13H13NO5. The summed E-state index contributed by atoms with van der Waals surface area (Å²) in [5.41, 5.74) is -0.192. The van der Waals surface area contributed by atoms with Crippen LogP contribution in [0.3, 0.4) is 0 Å². The van der Waals surface area contributed by atoms with E-state index in [0.29, 0.717) is 12.8 Å². The van der Waals surface area contributed by atoms with Crippen molar-refractivity contribution in [3.8, 4) is 0 Å². The van der Waals surface area contributed by atoms with Crippen LogP contribution in [0.5, 0.6) is 0 Å². The van der Waals surface area contributed by atoms with E-state index in [9.17, 15) is 19.5 Å². The molecule has 0 amide bonds. The van der Waals surface area contributed by atoms with Gasteiger partial charge in [-0.2, -0.15) is 0 Å². The zero-order valence-electron chi connectivity index (χ0n) is 10.1. The number of carbonyl (C=O) groups is 2. The van der Waals surface area contributed by atoms with Crippen LogP contribution in [0.2, 0.25) is 0 Å². The van der Waals surface area contributed by atoms with E-state index in [1.165, 1.54) is 29.1 Å². The number of aromatic nitrogens is 1. The number of fused-ring (bicyclic) bond motifs is 2.